The molecule has 3 aromatic rings. The fraction of sp³-hybridized carbons (Fsp3) is 0.261. The Hall–Kier alpha value is -3.45. The van der Waals surface area contributed by atoms with Crippen LogP contribution in [0.5, 0.6) is 11.5 Å². The molecular weight excluding hydrogens is 380 g/mol. The summed E-state index contributed by atoms with van der Waals surface area (Å²) < 4.78 is 10.8. The summed E-state index contributed by atoms with van der Waals surface area (Å²) in [6.45, 7) is 2.44. The zero-order valence-corrected chi connectivity index (χ0v) is 17.3. The van der Waals surface area contributed by atoms with E-state index in [-0.39, 0.29) is 11.9 Å². The minimum Gasteiger partial charge on any atom is -0.497 e. The number of nitrogens with one attached hydrogen (secondary N) is 2. The Kier molecular flexibility index (Phi) is 7.34. The molecule has 156 valence electrons. The van der Waals surface area contributed by atoms with Crippen LogP contribution in [-0.2, 0) is 11.3 Å². The first kappa shape index (κ1) is 21.3. The normalized spacial score (nSPS) is 12.6. The van der Waals surface area contributed by atoms with Crippen LogP contribution < -0.4 is 20.1 Å². The number of carbonyl (C=O) groups is 1. The number of amides is 1. The van der Waals surface area contributed by atoms with Gasteiger partial charge in [0.15, 0.2) is 0 Å². The largest absolute Gasteiger partial charge is 0.497 e. The predicted octanol–water partition coefficient (Wildman–Crippen LogP) is 3.20. The smallest absolute Gasteiger partial charge is 0.242 e. The van der Waals surface area contributed by atoms with Gasteiger partial charge < -0.3 is 14.8 Å². The summed E-state index contributed by atoms with van der Waals surface area (Å²) in [7, 11) is 3.17. The van der Waals surface area contributed by atoms with Crippen LogP contribution in [0.4, 0.5) is 0 Å². The summed E-state index contributed by atoms with van der Waals surface area (Å²) in [6.07, 6.45) is 6.88. The summed E-state index contributed by atoms with van der Waals surface area (Å²) >= 11 is 0. The molecule has 0 aliphatic rings. The number of carbonyl (C=O) groups excluding carboxylic acids is 1. The van der Waals surface area contributed by atoms with E-state index >= 15 is 0 Å². The standard InChI is InChI=1S/C23H26N4O3/c1-16(18-8-12-25-13-9-18)27-23(28)22(26-15-17-6-10-24-11-7-17)20-5-4-19(29-2)14-21(20)30-3/h4-14,16,22,26H,15H2,1-3H3,(H,27,28). The Balaban J connectivity index is 1.86. The van der Waals surface area contributed by atoms with Crippen molar-refractivity contribution in [3.63, 3.8) is 0 Å². The van der Waals surface area contributed by atoms with Crippen LogP contribution in [0, 0.1) is 0 Å². The Labute approximate surface area is 176 Å². The molecule has 0 saturated carbocycles. The number of aromatic nitrogens is 2. The molecule has 2 unspecified atom stereocenters. The van der Waals surface area contributed by atoms with Gasteiger partial charge in [0.05, 0.1) is 20.3 Å². The average Bonchev–Trinajstić information content (AvgIpc) is 2.80. The Morgan fingerprint density at radius 3 is 2.27 bits per heavy atom. The van der Waals surface area contributed by atoms with Gasteiger partial charge in [-0.15, -0.1) is 0 Å². The maximum absolute atomic E-state index is 13.3. The highest BCUT2D eigenvalue weighted by atomic mass is 16.5. The lowest BCUT2D eigenvalue weighted by atomic mass is 10.0. The number of hydrogen-bond donors (Lipinski definition) is 2. The number of methoxy groups -OCH3 is 2. The molecule has 0 aliphatic carbocycles. The molecule has 0 bridgehead atoms. The molecule has 1 aromatic carbocycles. The number of hydrogen-bond acceptors (Lipinski definition) is 6. The van der Waals surface area contributed by atoms with Crippen molar-refractivity contribution in [1.29, 1.82) is 0 Å². The van der Waals surface area contributed by atoms with Gasteiger partial charge >= 0.3 is 0 Å². The molecule has 7 nitrogen and oxygen atoms in total. The molecule has 2 N–H and O–H groups in total. The third-order valence-electron chi connectivity index (χ3n) is 4.84. The molecule has 0 radical (unpaired) electrons. The van der Waals surface area contributed by atoms with Gasteiger partial charge in [0, 0.05) is 43.0 Å². The molecule has 0 spiro atoms. The number of pyridine rings is 2. The van der Waals surface area contributed by atoms with Crippen LogP contribution in [0.3, 0.4) is 0 Å². The second-order valence-corrected chi connectivity index (χ2v) is 6.79. The molecule has 2 aromatic heterocycles. The van der Waals surface area contributed by atoms with Gasteiger partial charge in [-0.05, 0) is 54.4 Å². The Bertz CT molecular complexity index is 951. The van der Waals surface area contributed by atoms with Crippen LogP contribution >= 0.6 is 0 Å². The van der Waals surface area contributed by atoms with E-state index in [9.17, 15) is 4.79 Å². The van der Waals surface area contributed by atoms with Crippen molar-refractivity contribution in [3.05, 3.63) is 83.9 Å². The van der Waals surface area contributed by atoms with Crippen molar-refractivity contribution in [2.45, 2.75) is 25.6 Å². The first-order valence-corrected chi connectivity index (χ1v) is 9.67. The monoisotopic (exact) mass is 406 g/mol. The van der Waals surface area contributed by atoms with Gasteiger partial charge in [0.25, 0.3) is 0 Å². The second kappa shape index (κ2) is 10.4. The number of rotatable bonds is 9. The molecule has 2 heterocycles. The summed E-state index contributed by atoms with van der Waals surface area (Å²) in [6, 6.07) is 12.2. The van der Waals surface area contributed by atoms with Crippen LogP contribution in [-0.4, -0.2) is 30.1 Å². The van der Waals surface area contributed by atoms with Gasteiger partial charge in [-0.1, -0.05) is 0 Å². The van der Waals surface area contributed by atoms with Crippen molar-refractivity contribution in [2.75, 3.05) is 14.2 Å². The van der Waals surface area contributed by atoms with Crippen LogP contribution in [0.25, 0.3) is 0 Å². The van der Waals surface area contributed by atoms with Gasteiger partial charge in [0.2, 0.25) is 5.91 Å². The van der Waals surface area contributed by atoms with Crippen LogP contribution in [0.2, 0.25) is 0 Å². The predicted molar refractivity (Wildman–Crippen MR) is 114 cm³/mol. The zero-order chi connectivity index (χ0) is 21.3. The lowest BCUT2D eigenvalue weighted by Crippen LogP contribution is -2.38. The number of benzene rings is 1. The first-order chi connectivity index (χ1) is 14.6. The van der Waals surface area contributed by atoms with Gasteiger partial charge in [-0.3, -0.25) is 20.1 Å². The molecule has 0 fully saturated rings. The average molecular weight is 406 g/mol. The van der Waals surface area contributed by atoms with Crippen molar-refractivity contribution < 1.29 is 14.3 Å². The third-order valence-corrected chi connectivity index (χ3v) is 4.84. The van der Waals surface area contributed by atoms with Crippen molar-refractivity contribution in [3.8, 4) is 11.5 Å². The molecule has 3 rings (SSSR count). The molecule has 2 atom stereocenters. The van der Waals surface area contributed by atoms with E-state index in [1.54, 1.807) is 45.1 Å². The first-order valence-electron chi connectivity index (χ1n) is 9.67. The highest BCUT2D eigenvalue weighted by Gasteiger charge is 2.25. The topological polar surface area (TPSA) is 85.4 Å². The summed E-state index contributed by atoms with van der Waals surface area (Å²) in [5, 5.41) is 6.43. The second-order valence-electron chi connectivity index (χ2n) is 6.79. The lowest BCUT2D eigenvalue weighted by molar-refractivity contribution is -0.124. The van der Waals surface area contributed by atoms with Gasteiger partial charge in [-0.2, -0.15) is 0 Å². The SMILES string of the molecule is COc1ccc(C(NCc2ccncc2)C(=O)NC(C)c2ccncc2)c(OC)c1. The maximum atomic E-state index is 13.3. The lowest BCUT2D eigenvalue weighted by Gasteiger charge is -2.24. The third kappa shape index (κ3) is 5.33. The van der Waals surface area contributed by atoms with Crippen LogP contribution in [0.15, 0.2) is 67.3 Å². The molecule has 30 heavy (non-hydrogen) atoms. The van der Waals surface area contributed by atoms with E-state index in [2.05, 4.69) is 20.6 Å². The van der Waals surface area contributed by atoms with E-state index in [0.717, 1.165) is 16.7 Å². The molecule has 0 aliphatic heterocycles. The molecule has 7 heteroatoms. The fourth-order valence-corrected chi connectivity index (χ4v) is 3.15. The van der Waals surface area contributed by atoms with Gasteiger partial charge in [-0.25, -0.2) is 0 Å². The number of nitrogens with zero attached hydrogens (tertiary/aromatic N) is 2. The van der Waals surface area contributed by atoms with E-state index in [4.69, 9.17) is 9.47 Å². The van der Waals surface area contributed by atoms with Crippen molar-refractivity contribution >= 4 is 5.91 Å². The fourth-order valence-electron chi connectivity index (χ4n) is 3.15. The van der Waals surface area contributed by atoms with E-state index in [1.807, 2.05) is 43.3 Å². The molecular formula is C23H26N4O3. The Morgan fingerprint density at radius 2 is 1.63 bits per heavy atom. The van der Waals surface area contributed by atoms with Crippen molar-refractivity contribution in [2.24, 2.45) is 0 Å². The van der Waals surface area contributed by atoms with Crippen molar-refractivity contribution in [1.82, 2.24) is 20.6 Å². The molecule has 1 amide bonds. The maximum Gasteiger partial charge on any atom is 0.242 e. The highest BCUT2D eigenvalue weighted by molar-refractivity contribution is 5.84. The highest BCUT2D eigenvalue weighted by Crippen LogP contribution is 2.30. The van der Waals surface area contributed by atoms with Crippen LogP contribution in [0.1, 0.15) is 35.7 Å². The Morgan fingerprint density at radius 1 is 0.967 bits per heavy atom. The number of ether oxygens (including phenoxy) is 2. The summed E-state index contributed by atoms with van der Waals surface area (Å²) in [5.41, 5.74) is 2.73. The van der Waals surface area contributed by atoms with Gasteiger partial charge in [0.1, 0.15) is 17.5 Å². The minimum atomic E-state index is -0.622. The molecule has 0 saturated heterocycles. The van der Waals surface area contributed by atoms with E-state index < -0.39 is 6.04 Å². The quantitative estimate of drug-likeness (QED) is 0.568. The van der Waals surface area contributed by atoms with E-state index in [0.29, 0.717) is 18.0 Å². The zero-order valence-electron chi connectivity index (χ0n) is 17.3. The minimum absolute atomic E-state index is 0.156. The van der Waals surface area contributed by atoms with E-state index in [1.165, 1.54) is 0 Å². The summed E-state index contributed by atoms with van der Waals surface area (Å²) in [4.78, 5) is 21.4. The summed E-state index contributed by atoms with van der Waals surface area (Å²) in [5.74, 6) is 1.08.